The summed E-state index contributed by atoms with van der Waals surface area (Å²) in [5.41, 5.74) is 12.7. The van der Waals surface area contributed by atoms with Crippen molar-refractivity contribution < 1.29 is 9.53 Å². The van der Waals surface area contributed by atoms with Crippen molar-refractivity contribution in [2.24, 2.45) is 0 Å². The van der Waals surface area contributed by atoms with Gasteiger partial charge in [-0.2, -0.15) is 0 Å². The third kappa shape index (κ3) is 3.84. The molecule has 0 spiro atoms. The molecule has 1 amide bonds. The number of benzene rings is 1. The van der Waals surface area contributed by atoms with E-state index in [9.17, 15) is 4.79 Å². The van der Waals surface area contributed by atoms with Gasteiger partial charge < -0.3 is 21.5 Å². The third-order valence-electron chi connectivity index (χ3n) is 3.17. The average Bonchev–Trinajstić information content (AvgIpc) is 2.43. The van der Waals surface area contributed by atoms with Crippen LogP contribution in [0.5, 0.6) is 0 Å². The Balaban J connectivity index is 1.78. The Hall–Kier alpha value is -1.79. The SMILES string of the molecule is Nc1ccc(C(=O)NCCN2CCOCC2)cc1N. The molecule has 0 aliphatic carbocycles. The van der Waals surface area contributed by atoms with Crippen molar-refractivity contribution in [3.05, 3.63) is 23.8 Å². The second-order valence-corrected chi connectivity index (χ2v) is 4.55. The fraction of sp³-hybridized carbons (Fsp3) is 0.462. The molecule has 5 N–H and O–H groups in total. The lowest BCUT2D eigenvalue weighted by atomic mass is 10.1. The second kappa shape index (κ2) is 6.40. The first-order valence-electron chi connectivity index (χ1n) is 6.40. The van der Waals surface area contributed by atoms with Gasteiger partial charge in [-0.15, -0.1) is 0 Å². The Bertz CT molecular complexity index is 444. The van der Waals surface area contributed by atoms with Crippen LogP contribution in [0.1, 0.15) is 10.4 Å². The van der Waals surface area contributed by atoms with Gasteiger partial charge >= 0.3 is 0 Å². The van der Waals surface area contributed by atoms with E-state index in [4.69, 9.17) is 16.2 Å². The van der Waals surface area contributed by atoms with Crippen LogP contribution >= 0.6 is 0 Å². The standard InChI is InChI=1S/C13H20N4O2/c14-11-2-1-10(9-12(11)15)13(18)16-3-4-17-5-7-19-8-6-17/h1-2,9H,3-8,14-15H2,(H,16,18). The first kappa shape index (κ1) is 13.6. The van der Waals surface area contributed by atoms with Crippen LogP contribution in [-0.2, 0) is 4.74 Å². The molecular formula is C13H20N4O2. The third-order valence-corrected chi connectivity index (χ3v) is 3.17. The molecule has 2 rings (SSSR count). The summed E-state index contributed by atoms with van der Waals surface area (Å²) in [7, 11) is 0. The zero-order valence-electron chi connectivity index (χ0n) is 10.9. The van der Waals surface area contributed by atoms with E-state index in [0.717, 1.165) is 32.8 Å². The van der Waals surface area contributed by atoms with Gasteiger partial charge in [-0.05, 0) is 18.2 Å². The maximum absolute atomic E-state index is 11.9. The van der Waals surface area contributed by atoms with Crippen LogP contribution in [0.2, 0.25) is 0 Å². The van der Waals surface area contributed by atoms with Gasteiger partial charge in [0.1, 0.15) is 0 Å². The molecule has 6 nitrogen and oxygen atoms in total. The minimum Gasteiger partial charge on any atom is -0.397 e. The maximum atomic E-state index is 11.9. The Morgan fingerprint density at radius 1 is 1.26 bits per heavy atom. The lowest BCUT2D eigenvalue weighted by molar-refractivity contribution is 0.0383. The number of carbonyl (C=O) groups excluding carboxylic acids is 1. The predicted octanol–water partition coefficient (Wildman–Crippen LogP) is -0.0870. The zero-order chi connectivity index (χ0) is 13.7. The zero-order valence-corrected chi connectivity index (χ0v) is 10.9. The molecule has 1 heterocycles. The molecule has 0 bridgehead atoms. The number of nitrogens with zero attached hydrogens (tertiary/aromatic N) is 1. The van der Waals surface area contributed by atoms with Crippen LogP contribution in [0, 0.1) is 0 Å². The molecule has 1 aliphatic rings. The normalized spacial score (nSPS) is 16.2. The number of hydrogen-bond donors (Lipinski definition) is 3. The minimum absolute atomic E-state index is 0.125. The highest BCUT2D eigenvalue weighted by Gasteiger charge is 2.11. The number of ether oxygens (including phenoxy) is 1. The number of rotatable bonds is 4. The molecule has 0 aromatic heterocycles. The average molecular weight is 264 g/mol. The highest BCUT2D eigenvalue weighted by atomic mass is 16.5. The number of carbonyl (C=O) groups is 1. The fourth-order valence-electron chi connectivity index (χ4n) is 1.97. The number of anilines is 2. The molecule has 1 aromatic rings. The number of nitrogens with one attached hydrogen (secondary N) is 1. The smallest absolute Gasteiger partial charge is 0.251 e. The van der Waals surface area contributed by atoms with Crippen molar-refractivity contribution in [3.63, 3.8) is 0 Å². The van der Waals surface area contributed by atoms with Crippen LogP contribution in [0.15, 0.2) is 18.2 Å². The van der Waals surface area contributed by atoms with E-state index in [2.05, 4.69) is 10.2 Å². The molecule has 6 heteroatoms. The van der Waals surface area contributed by atoms with Gasteiger partial charge in [-0.3, -0.25) is 9.69 Å². The molecule has 1 fully saturated rings. The summed E-state index contributed by atoms with van der Waals surface area (Å²) in [6.45, 7) is 4.82. The molecule has 0 saturated carbocycles. The summed E-state index contributed by atoms with van der Waals surface area (Å²) >= 11 is 0. The molecular weight excluding hydrogens is 244 g/mol. The van der Waals surface area contributed by atoms with E-state index in [-0.39, 0.29) is 5.91 Å². The highest BCUT2D eigenvalue weighted by Crippen LogP contribution is 2.15. The highest BCUT2D eigenvalue weighted by molar-refractivity contribution is 5.95. The quantitative estimate of drug-likeness (QED) is 0.661. The number of nitrogen functional groups attached to an aromatic ring is 2. The largest absolute Gasteiger partial charge is 0.397 e. The van der Waals surface area contributed by atoms with Crippen molar-refractivity contribution in [1.82, 2.24) is 10.2 Å². The molecule has 0 radical (unpaired) electrons. The summed E-state index contributed by atoms with van der Waals surface area (Å²) in [5.74, 6) is -0.125. The minimum atomic E-state index is -0.125. The van der Waals surface area contributed by atoms with E-state index in [1.54, 1.807) is 18.2 Å². The molecule has 1 aromatic carbocycles. The Morgan fingerprint density at radius 3 is 2.68 bits per heavy atom. The molecule has 1 saturated heterocycles. The van der Waals surface area contributed by atoms with Crippen LogP contribution in [0.25, 0.3) is 0 Å². The van der Waals surface area contributed by atoms with Crippen LogP contribution in [0.4, 0.5) is 11.4 Å². The fourth-order valence-corrected chi connectivity index (χ4v) is 1.97. The monoisotopic (exact) mass is 264 g/mol. The van der Waals surface area contributed by atoms with Crippen LogP contribution < -0.4 is 16.8 Å². The van der Waals surface area contributed by atoms with Crippen molar-refractivity contribution in [1.29, 1.82) is 0 Å². The van der Waals surface area contributed by atoms with Gasteiger partial charge in [0.25, 0.3) is 5.91 Å². The van der Waals surface area contributed by atoms with Gasteiger partial charge in [0.15, 0.2) is 0 Å². The second-order valence-electron chi connectivity index (χ2n) is 4.55. The summed E-state index contributed by atoms with van der Waals surface area (Å²) < 4.78 is 5.27. The summed E-state index contributed by atoms with van der Waals surface area (Å²) in [5, 5.41) is 2.88. The molecule has 19 heavy (non-hydrogen) atoms. The molecule has 104 valence electrons. The van der Waals surface area contributed by atoms with Crippen molar-refractivity contribution in [2.45, 2.75) is 0 Å². The van der Waals surface area contributed by atoms with Gasteiger partial charge in [0, 0.05) is 31.7 Å². The summed E-state index contributed by atoms with van der Waals surface area (Å²) in [4.78, 5) is 14.2. The number of morpholine rings is 1. The first-order valence-corrected chi connectivity index (χ1v) is 6.40. The Labute approximate surface area is 112 Å². The number of hydrogen-bond acceptors (Lipinski definition) is 5. The number of nitrogens with two attached hydrogens (primary N) is 2. The molecule has 1 aliphatic heterocycles. The van der Waals surface area contributed by atoms with Crippen molar-refractivity contribution >= 4 is 17.3 Å². The van der Waals surface area contributed by atoms with Gasteiger partial charge in [0.05, 0.1) is 24.6 Å². The summed E-state index contributed by atoms with van der Waals surface area (Å²) in [6.07, 6.45) is 0. The van der Waals surface area contributed by atoms with Crippen molar-refractivity contribution in [3.8, 4) is 0 Å². The van der Waals surface area contributed by atoms with E-state index in [0.29, 0.717) is 23.5 Å². The first-order chi connectivity index (χ1) is 9.16. The van der Waals surface area contributed by atoms with E-state index in [1.807, 2.05) is 0 Å². The number of amides is 1. The van der Waals surface area contributed by atoms with E-state index in [1.165, 1.54) is 0 Å². The van der Waals surface area contributed by atoms with Gasteiger partial charge in [-0.1, -0.05) is 0 Å². The van der Waals surface area contributed by atoms with Gasteiger partial charge in [0.2, 0.25) is 0 Å². The van der Waals surface area contributed by atoms with E-state index < -0.39 is 0 Å². The van der Waals surface area contributed by atoms with Crippen molar-refractivity contribution in [2.75, 3.05) is 50.9 Å². The predicted molar refractivity (Wildman–Crippen MR) is 74.9 cm³/mol. The Kier molecular flexibility index (Phi) is 4.59. The lowest BCUT2D eigenvalue weighted by Crippen LogP contribution is -2.41. The van der Waals surface area contributed by atoms with E-state index >= 15 is 0 Å². The van der Waals surface area contributed by atoms with Crippen LogP contribution in [-0.4, -0.2) is 50.2 Å². The topological polar surface area (TPSA) is 93.6 Å². The maximum Gasteiger partial charge on any atom is 0.251 e. The molecule has 0 atom stereocenters. The summed E-state index contributed by atoms with van der Waals surface area (Å²) in [6, 6.07) is 4.92. The van der Waals surface area contributed by atoms with Crippen LogP contribution in [0.3, 0.4) is 0 Å². The molecule has 0 unspecified atom stereocenters. The lowest BCUT2D eigenvalue weighted by Gasteiger charge is -2.26. The Morgan fingerprint density at radius 2 is 2.00 bits per heavy atom. The van der Waals surface area contributed by atoms with Gasteiger partial charge in [-0.25, -0.2) is 0 Å².